The van der Waals surface area contributed by atoms with Crippen molar-refractivity contribution in [2.24, 2.45) is 5.92 Å². The van der Waals surface area contributed by atoms with Crippen LogP contribution in [0, 0.1) is 12.8 Å². The van der Waals surface area contributed by atoms with Gasteiger partial charge in [0.1, 0.15) is 0 Å². The normalized spacial score (nSPS) is 20.9. The number of aryl methyl sites for hydroxylation is 1. The maximum atomic E-state index is 2.38. The van der Waals surface area contributed by atoms with Gasteiger partial charge in [-0.05, 0) is 48.5 Å². The van der Waals surface area contributed by atoms with Gasteiger partial charge in [-0.15, -0.1) is 0 Å². The zero-order chi connectivity index (χ0) is 10.8. The lowest BCUT2D eigenvalue weighted by molar-refractivity contribution is 0.732. The Hall–Kier alpha value is -1.30. The van der Waals surface area contributed by atoms with Crippen LogP contribution < -0.4 is 0 Å². The molecule has 0 nitrogen and oxygen atoms in total. The van der Waals surface area contributed by atoms with Gasteiger partial charge in [0.2, 0.25) is 0 Å². The van der Waals surface area contributed by atoms with Crippen LogP contribution in [0.25, 0.3) is 5.57 Å². The molecule has 0 spiro atoms. The molecule has 0 heteroatoms. The topological polar surface area (TPSA) is 0 Å². The SMILES string of the molecule is CC1=CC(C)CC=C1c1ccccc1C. The molecule has 1 aromatic carbocycles. The monoisotopic (exact) mass is 198 g/mol. The van der Waals surface area contributed by atoms with Crippen LogP contribution in [0.15, 0.2) is 42.0 Å². The van der Waals surface area contributed by atoms with E-state index in [2.05, 4.69) is 57.2 Å². The van der Waals surface area contributed by atoms with Crippen molar-refractivity contribution in [1.29, 1.82) is 0 Å². The van der Waals surface area contributed by atoms with Gasteiger partial charge >= 0.3 is 0 Å². The average molecular weight is 198 g/mol. The fraction of sp³-hybridized carbons (Fsp3) is 0.333. The largest absolute Gasteiger partial charge is 0.0778 e. The predicted octanol–water partition coefficient (Wildman–Crippen LogP) is 4.36. The first kappa shape index (κ1) is 10.2. The summed E-state index contributed by atoms with van der Waals surface area (Å²) in [7, 11) is 0. The molecule has 1 aliphatic rings. The lowest BCUT2D eigenvalue weighted by Gasteiger charge is -2.18. The fourth-order valence-corrected chi connectivity index (χ4v) is 2.25. The van der Waals surface area contributed by atoms with Gasteiger partial charge < -0.3 is 0 Å². The maximum Gasteiger partial charge on any atom is -0.0155 e. The number of hydrogen-bond acceptors (Lipinski definition) is 0. The van der Waals surface area contributed by atoms with E-state index in [-0.39, 0.29) is 0 Å². The molecule has 0 saturated carbocycles. The maximum absolute atomic E-state index is 2.38. The molecule has 0 N–H and O–H groups in total. The van der Waals surface area contributed by atoms with Crippen molar-refractivity contribution in [3.63, 3.8) is 0 Å². The highest BCUT2D eigenvalue weighted by Gasteiger charge is 2.12. The van der Waals surface area contributed by atoms with Gasteiger partial charge in [0.15, 0.2) is 0 Å². The zero-order valence-electron chi connectivity index (χ0n) is 9.75. The van der Waals surface area contributed by atoms with E-state index in [0.29, 0.717) is 5.92 Å². The summed E-state index contributed by atoms with van der Waals surface area (Å²) in [6.07, 6.45) is 5.92. The molecule has 0 amide bonds. The van der Waals surface area contributed by atoms with Gasteiger partial charge in [-0.2, -0.15) is 0 Å². The highest BCUT2D eigenvalue weighted by atomic mass is 14.2. The number of hydrogen-bond donors (Lipinski definition) is 0. The standard InChI is InChI=1S/C15H18/c1-11-8-9-15(13(3)10-11)14-7-5-4-6-12(14)2/h4-7,9-11H,8H2,1-3H3. The lowest BCUT2D eigenvalue weighted by atomic mass is 9.87. The Morgan fingerprint density at radius 1 is 1.13 bits per heavy atom. The molecule has 1 atom stereocenters. The number of benzene rings is 1. The molecule has 0 aliphatic heterocycles. The molecular weight excluding hydrogens is 180 g/mol. The summed E-state index contributed by atoms with van der Waals surface area (Å²) in [5.74, 6) is 0.692. The fourth-order valence-electron chi connectivity index (χ4n) is 2.25. The first-order chi connectivity index (χ1) is 7.18. The van der Waals surface area contributed by atoms with Crippen LogP contribution >= 0.6 is 0 Å². The Labute approximate surface area is 92.3 Å². The molecule has 0 bridgehead atoms. The molecule has 0 saturated heterocycles. The first-order valence-electron chi connectivity index (χ1n) is 5.63. The van der Waals surface area contributed by atoms with E-state index in [1.165, 1.54) is 28.7 Å². The molecular formula is C15H18. The summed E-state index contributed by atoms with van der Waals surface area (Å²) in [6.45, 7) is 6.67. The summed E-state index contributed by atoms with van der Waals surface area (Å²) in [4.78, 5) is 0. The third-order valence-electron chi connectivity index (χ3n) is 3.09. The predicted molar refractivity (Wildman–Crippen MR) is 66.7 cm³/mol. The minimum Gasteiger partial charge on any atom is -0.0778 e. The van der Waals surface area contributed by atoms with Gasteiger partial charge in [-0.25, -0.2) is 0 Å². The molecule has 1 aliphatic carbocycles. The van der Waals surface area contributed by atoms with E-state index >= 15 is 0 Å². The third-order valence-corrected chi connectivity index (χ3v) is 3.09. The molecule has 0 radical (unpaired) electrons. The number of allylic oxidation sites excluding steroid dienone is 4. The quantitative estimate of drug-likeness (QED) is 0.628. The number of rotatable bonds is 1. The second-order valence-electron chi connectivity index (χ2n) is 4.50. The van der Waals surface area contributed by atoms with Crippen molar-refractivity contribution in [1.82, 2.24) is 0 Å². The summed E-state index contributed by atoms with van der Waals surface area (Å²) in [5, 5.41) is 0. The van der Waals surface area contributed by atoms with Gasteiger partial charge in [-0.1, -0.05) is 43.3 Å². The van der Waals surface area contributed by atoms with Gasteiger partial charge in [0.05, 0.1) is 0 Å². The zero-order valence-corrected chi connectivity index (χ0v) is 9.75. The van der Waals surface area contributed by atoms with Gasteiger partial charge in [0, 0.05) is 0 Å². The third kappa shape index (κ3) is 2.04. The Kier molecular flexibility index (Phi) is 2.77. The van der Waals surface area contributed by atoms with Crippen LogP contribution in [0.3, 0.4) is 0 Å². The lowest BCUT2D eigenvalue weighted by Crippen LogP contribution is -2.00. The summed E-state index contributed by atoms with van der Waals surface area (Å²) >= 11 is 0. The van der Waals surface area contributed by atoms with Crippen LogP contribution in [0.5, 0.6) is 0 Å². The van der Waals surface area contributed by atoms with Crippen LogP contribution in [0.2, 0.25) is 0 Å². The van der Waals surface area contributed by atoms with E-state index in [1.54, 1.807) is 0 Å². The molecule has 0 heterocycles. The Morgan fingerprint density at radius 3 is 2.53 bits per heavy atom. The van der Waals surface area contributed by atoms with Crippen molar-refractivity contribution in [3.8, 4) is 0 Å². The highest BCUT2D eigenvalue weighted by molar-refractivity contribution is 5.80. The van der Waals surface area contributed by atoms with Crippen molar-refractivity contribution in [2.75, 3.05) is 0 Å². The molecule has 1 unspecified atom stereocenters. The Balaban J connectivity index is 2.41. The second-order valence-corrected chi connectivity index (χ2v) is 4.50. The van der Waals surface area contributed by atoms with Crippen molar-refractivity contribution in [3.05, 3.63) is 53.1 Å². The van der Waals surface area contributed by atoms with Crippen molar-refractivity contribution >= 4 is 5.57 Å². The smallest absolute Gasteiger partial charge is 0.0155 e. The molecule has 15 heavy (non-hydrogen) atoms. The van der Waals surface area contributed by atoms with Crippen LogP contribution in [-0.4, -0.2) is 0 Å². The summed E-state index contributed by atoms with van der Waals surface area (Å²) < 4.78 is 0. The minimum atomic E-state index is 0.692. The van der Waals surface area contributed by atoms with Gasteiger partial charge in [-0.3, -0.25) is 0 Å². The van der Waals surface area contributed by atoms with Gasteiger partial charge in [0.25, 0.3) is 0 Å². The Morgan fingerprint density at radius 2 is 1.87 bits per heavy atom. The average Bonchev–Trinajstić information content (AvgIpc) is 2.20. The minimum absolute atomic E-state index is 0.692. The van der Waals surface area contributed by atoms with Crippen molar-refractivity contribution in [2.45, 2.75) is 27.2 Å². The molecule has 1 aromatic rings. The molecule has 2 rings (SSSR count). The van der Waals surface area contributed by atoms with Crippen LogP contribution in [-0.2, 0) is 0 Å². The summed E-state index contributed by atoms with van der Waals surface area (Å²) in [5.41, 5.74) is 5.60. The van der Waals surface area contributed by atoms with Crippen LogP contribution in [0.4, 0.5) is 0 Å². The van der Waals surface area contributed by atoms with E-state index in [9.17, 15) is 0 Å². The van der Waals surface area contributed by atoms with E-state index in [4.69, 9.17) is 0 Å². The Bertz CT molecular complexity index is 421. The van der Waals surface area contributed by atoms with Crippen molar-refractivity contribution < 1.29 is 0 Å². The van der Waals surface area contributed by atoms with E-state index < -0.39 is 0 Å². The molecule has 78 valence electrons. The second kappa shape index (κ2) is 4.06. The highest BCUT2D eigenvalue weighted by Crippen LogP contribution is 2.31. The summed E-state index contributed by atoms with van der Waals surface area (Å²) in [6, 6.07) is 8.62. The van der Waals surface area contributed by atoms with E-state index in [1.807, 2.05) is 0 Å². The van der Waals surface area contributed by atoms with E-state index in [0.717, 1.165) is 0 Å². The van der Waals surface area contributed by atoms with Crippen LogP contribution in [0.1, 0.15) is 31.4 Å². The molecule has 0 aromatic heterocycles. The molecule has 0 fully saturated rings. The first-order valence-corrected chi connectivity index (χ1v) is 5.63.